The molecule has 106 valence electrons. The van der Waals surface area contributed by atoms with Gasteiger partial charge in [-0.3, -0.25) is 0 Å². The second-order valence-electron chi connectivity index (χ2n) is 3.96. The lowest BCUT2D eigenvalue weighted by molar-refractivity contribution is -0.139. The molecule has 2 amide bonds. The molecule has 5 N–H and O–H groups in total. The van der Waals surface area contributed by atoms with Gasteiger partial charge in [-0.15, -0.1) is 0 Å². The number of hydrogen-bond acceptors (Lipinski definition) is 4. The first-order valence-corrected chi connectivity index (χ1v) is 5.98. The molecule has 0 aliphatic rings. The van der Waals surface area contributed by atoms with Gasteiger partial charge in [0.2, 0.25) is 0 Å². The molecule has 19 heavy (non-hydrogen) atoms. The van der Waals surface area contributed by atoms with Gasteiger partial charge in [0.05, 0.1) is 6.04 Å². The summed E-state index contributed by atoms with van der Waals surface area (Å²) >= 11 is 0. The second kappa shape index (κ2) is 7.37. The van der Waals surface area contributed by atoms with Crippen molar-refractivity contribution in [3.8, 4) is 0 Å². The molecule has 8 nitrogen and oxygen atoms in total. The van der Waals surface area contributed by atoms with E-state index in [9.17, 15) is 9.59 Å². The molecule has 0 fully saturated rings. The number of nitrogens with zero attached hydrogens (tertiary/aromatic N) is 1. The smallest absolute Gasteiger partial charge is 0.326 e. The van der Waals surface area contributed by atoms with Gasteiger partial charge in [0, 0.05) is 25.4 Å². The molecule has 0 aromatic carbocycles. The topological polar surface area (TPSA) is 127 Å². The van der Waals surface area contributed by atoms with Gasteiger partial charge in [0.1, 0.15) is 11.9 Å². The fraction of sp³-hybridized carbons (Fsp3) is 0.545. The maximum Gasteiger partial charge on any atom is 0.326 e. The lowest BCUT2D eigenvalue weighted by Gasteiger charge is -2.18. The molecule has 0 aliphatic carbocycles. The Kier molecular flexibility index (Phi) is 5.80. The molecule has 1 heterocycles. The first kappa shape index (κ1) is 15.0. The van der Waals surface area contributed by atoms with Crippen molar-refractivity contribution >= 4 is 12.0 Å². The molecule has 0 radical (unpaired) electrons. The highest BCUT2D eigenvalue weighted by Crippen LogP contribution is 2.10. The summed E-state index contributed by atoms with van der Waals surface area (Å²) in [5.74, 6) is -0.582. The number of H-pyrrole nitrogens is 1. The highest BCUT2D eigenvalue weighted by Gasteiger charge is 2.21. The van der Waals surface area contributed by atoms with Crippen LogP contribution in [0.3, 0.4) is 0 Å². The summed E-state index contributed by atoms with van der Waals surface area (Å²) in [7, 11) is 0. The number of urea groups is 1. The molecule has 0 saturated carbocycles. The van der Waals surface area contributed by atoms with E-state index in [0.29, 0.717) is 12.2 Å². The lowest BCUT2D eigenvalue weighted by Crippen LogP contribution is -2.47. The third-order valence-electron chi connectivity index (χ3n) is 2.58. The van der Waals surface area contributed by atoms with Gasteiger partial charge in [-0.2, -0.15) is 0 Å². The van der Waals surface area contributed by atoms with Crippen LogP contribution < -0.4 is 10.6 Å². The van der Waals surface area contributed by atoms with Crippen LogP contribution in [0.4, 0.5) is 4.79 Å². The molecule has 0 saturated heterocycles. The van der Waals surface area contributed by atoms with E-state index < -0.39 is 18.0 Å². The largest absolute Gasteiger partial charge is 0.480 e. The van der Waals surface area contributed by atoms with Gasteiger partial charge in [0.15, 0.2) is 0 Å². The number of carbonyl (C=O) groups is 2. The van der Waals surface area contributed by atoms with Crippen LogP contribution in [0.25, 0.3) is 0 Å². The number of imidazole rings is 1. The summed E-state index contributed by atoms with van der Waals surface area (Å²) in [5.41, 5.74) is 0. The zero-order valence-corrected chi connectivity index (χ0v) is 10.6. The van der Waals surface area contributed by atoms with Crippen LogP contribution in [-0.4, -0.2) is 44.8 Å². The zero-order valence-electron chi connectivity index (χ0n) is 10.6. The normalized spacial score (nSPS) is 13.6. The molecule has 1 aromatic heterocycles. The summed E-state index contributed by atoms with van der Waals surface area (Å²) in [6.45, 7) is 1.56. The van der Waals surface area contributed by atoms with Gasteiger partial charge in [0.25, 0.3) is 0 Å². The molecule has 2 atom stereocenters. The van der Waals surface area contributed by atoms with Crippen LogP contribution in [0.2, 0.25) is 0 Å². The third kappa shape index (κ3) is 4.59. The Bertz CT molecular complexity index is 407. The average molecular weight is 270 g/mol. The first-order chi connectivity index (χ1) is 9.08. The van der Waals surface area contributed by atoms with Crippen molar-refractivity contribution in [1.82, 2.24) is 20.6 Å². The minimum Gasteiger partial charge on any atom is -0.480 e. The Labute approximate surface area is 110 Å². The fourth-order valence-electron chi connectivity index (χ4n) is 1.58. The van der Waals surface area contributed by atoms with E-state index in [1.54, 1.807) is 12.4 Å². The van der Waals surface area contributed by atoms with Gasteiger partial charge < -0.3 is 25.8 Å². The van der Waals surface area contributed by atoms with Gasteiger partial charge in [-0.25, -0.2) is 14.6 Å². The van der Waals surface area contributed by atoms with Crippen molar-refractivity contribution in [2.24, 2.45) is 0 Å². The van der Waals surface area contributed by atoms with E-state index >= 15 is 0 Å². The number of aromatic amines is 1. The zero-order chi connectivity index (χ0) is 14.3. The molecule has 8 heteroatoms. The number of nitrogens with one attached hydrogen (secondary N) is 3. The molecule has 1 unspecified atom stereocenters. The van der Waals surface area contributed by atoms with E-state index in [0.717, 1.165) is 0 Å². The van der Waals surface area contributed by atoms with Crippen molar-refractivity contribution in [1.29, 1.82) is 0 Å². The van der Waals surface area contributed by atoms with Crippen LogP contribution in [-0.2, 0) is 4.79 Å². The number of aliphatic carboxylic acids is 1. The van der Waals surface area contributed by atoms with Crippen LogP contribution in [0.15, 0.2) is 12.4 Å². The Balaban J connectivity index is 2.55. The number of aliphatic hydroxyl groups is 1. The van der Waals surface area contributed by atoms with Crippen LogP contribution >= 0.6 is 0 Å². The van der Waals surface area contributed by atoms with Crippen LogP contribution in [0.1, 0.15) is 31.6 Å². The molecule has 0 bridgehead atoms. The number of carbonyl (C=O) groups excluding carboxylic acids is 1. The molecule has 1 rings (SSSR count). The minimum absolute atomic E-state index is 0.0414. The van der Waals surface area contributed by atoms with Crippen molar-refractivity contribution in [2.45, 2.75) is 31.8 Å². The number of aliphatic hydroxyl groups excluding tert-OH is 1. The summed E-state index contributed by atoms with van der Waals surface area (Å²) in [6, 6.07) is -2.04. The van der Waals surface area contributed by atoms with E-state index in [2.05, 4.69) is 20.6 Å². The van der Waals surface area contributed by atoms with E-state index in [-0.39, 0.29) is 19.1 Å². The molecule has 0 spiro atoms. The Morgan fingerprint density at radius 2 is 2.21 bits per heavy atom. The molecule has 1 aromatic rings. The number of aromatic nitrogens is 2. The van der Waals surface area contributed by atoms with Crippen LogP contribution in [0, 0.1) is 0 Å². The van der Waals surface area contributed by atoms with E-state index in [1.165, 1.54) is 0 Å². The van der Waals surface area contributed by atoms with Crippen molar-refractivity contribution in [2.75, 3.05) is 6.61 Å². The van der Waals surface area contributed by atoms with Crippen molar-refractivity contribution in [3.05, 3.63) is 18.2 Å². The summed E-state index contributed by atoms with van der Waals surface area (Å²) < 4.78 is 0. The molecular formula is C11H18N4O4. The predicted molar refractivity (Wildman–Crippen MR) is 66.4 cm³/mol. The number of carboxylic acid groups (broad SMARTS) is 1. The summed E-state index contributed by atoms with van der Waals surface area (Å²) in [4.78, 5) is 29.4. The van der Waals surface area contributed by atoms with Gasteiger partial charge in [-0.1, -0.05) is 6.92 Å². The van der Waals surface area contributed by atoms with Gasteiger partial charge in [-0.05, 0) is 6.42 Å². The van der Waals surface area contributed by atoms with E-state index in [1.807, 2.05) is 6.92 Å². The summed E-state index contributed by atoms with van der Waals surface area (Å²) in [5, 5.41) is 22.5. The quantitative estimate of drug-likeness (QED) is 0.476. The SMILES string of the molecule is CCC(NC(=O)N[C@@H](CCO)C(=O)O)c1ncc[nH]1. The standard InChI is InChI=1S/C11H18N4O4/c1-2-7(9-12-4-5-13-9)14-11(19)15-8(3-6-16)10(17)18/h4-5,7-8,16H,2-3,6H2,1H3,(H,12,13)(H,17,18)(H2,14,15,19)/t7?,8-/m0/s1. The maximum atomic E-state index is 11.7. The highest BCUT2D eigenvalue weighted by atomic mass is 16.4. The van der Waals surface area contributed by atoms with E-state index in [4.69, 9.17) is 10.2 Å². The predicted octanol–water partition coefficient (Wildman–Crippen LogP) is -0.00440. The minimum atomic E-state index is -1.18. The summed E-state index contributed by atoms with van der Waals surface area (Å²) in [6.07, 6.45) is 3.78. The number of rotatable bonds is 7. The molecule has 0 aliphatic heterocycles. The Morgan fingerprint density at radius 3 is 2.68 bits per heavy atom. The number of hydrogen-bond donors (Lipinski definition) is 5. The van der Waals surface area contributed by atoms with Gasteiger partial charge >= 0.3 is 12.0 Å². The molecular weight excluding hydrogens is 252 g/mol. The fourth-order valence-corrected chi connectivity index (χ4v) is 1.58. The third-order valence-corrected chi connectivity index (χ3v) is 2.58. The Hall–Kier alpha value is -2.09. The maximum absolute atomic E-state index is 11.7. The van der Waals surface area contributed by atoms with Crippen LogP contribution in [0.5, 0.6) is 0 Å². The monoisotopic (exact) mass is 270 g/mol. The lowest BCUT2D eigenvalue weighted by atomic mass is 10.2. The number of amides is 2. The van der Waals surface area contributed by atoms with Crippen molar-refractivity contribution < 1.29 is 19.8 Å². The highest BCUT2D eigenvalue weighted by molar-refractivity contribution is 5.82. The number of carboxylic acids is 1. The second-order valence-corrected chi connectivity index (χ2v) is 3.96. The van der Waals surface area contributed by atoms with Crippen molar-refractivity contribution in [3.63, 3.8) is 0 Å². The first-order valence-electron chi connectivity index (χ1n) is 5.98. The Morgan fingerprint density at radius 1 is 1.47 bits per heavy atom. The average Bonchev–Trinajstić information content (AvgIpc) is 2.89.